The molecule has 0 bridgehead atoms. The highest BCUT2D eigenvalue weighted by molar-refractivity contribution is 5.66. The van der Waals surface area contributed by atoms with Crippen LogP contribution in [0.25, 0.3) is 0 Å². The van der Waals surface area contributed by atoms with E-state index in [1.165, 1.54) is 148 Å². The summed E-state index contributed by atoms with van der Waals surface area (Å²) >= 11 is 0. The molecule has 0 amide bonds. The first-order valence-electron chi connectivity index (χ1n) is 16.2. The maximum Gasteiger partial charge on any atom is 0.303 e. The Morgan fingerprint density at radius 1 is 0.583 bits per heavy atom. The van der Waals surface area contributed by atoms with Gasteiger partial charge in [-0.3, -0.25) is 4.79 Å². The van der Waals surface area contributed by atoms with Gasteiger partial charge in [0.05, 0.1) is 0 Å². The van der Waals surface area contributed by atoms with Gasteiger partial charge in [-0.15, -0.1) is 0 Å². The number of hydrogen-bond acceptors (Lipinski definition) is 2. The number of unbranched alkanes of at least 4 members (excludes halogenated alkanes) is 21. The van der Waals surface area contributed by atoms with Crippen molar-refractivity contribution in [2.75, 3.05) is 0 Å². The van der Waals surface area contributed by atoms with Crippen LogP contribution in [0.3, 0.4) is 0 Å². The summed E-state index contributed by atoms with van der Waals surface area (Å²) in [7, 11) is 0. The first-order valence-corrected chi connectivity index (χ1v) is 16.2. The van der Waals surface area contributed by atoms with Gasteiger partial charge in [-0.25, -0.2) is 0 Å². The number of aliphatic carboxylic acids is 1. The molecule has 36 heavy (non-hydrogen) atoms. The Labute approximate surface area is 227 Å². The Bertz CT molecular complexity index is 433. The maximum atomic E-state index is 10.3. The lowest BCUT2D eigenvalue weighted by Crippen LogP contribution is -2.13. The Balaban J connectivity index is 0. The summed E-state index contributed by atoms with van der Waals surface area (Å²) < 4.78 is 0. The van der Waals surface area contributed by atoms with E-state index in [4.69, 9.17) is 10.8 Å². The fourth-order valence-corrected chi connectivity index (χ4v) is 4.48. The highest BCUT2D eigenvalue weighted by Gasteiger charge is 1.96. The number of carboxylic acids is 1. The summed E-state index contributed by atoms with van der Waals surface area (Å²) in [6.07, 6.45) is 38.1. The molecule has 0 radical (unpaired) electrons. The third kappa shape index (κ3) is 40.3. The van der Waals surface area contributed by atoms with E-state index >= 15 is 0 Å². The second-order valence-corrected chi connectivity index (χ2v) is 11.0. The lowest BCUT2D eigenvalue weighted by atomic mass is 10.0. The average Bonchev–Trinajstić information content (AvgIpc) is 2.85. The van der Waals surface area contributed by atoms with Crippen LogP contribution in [0.4, 0.5) is 0 Å². The largest absolute Gasteiger partial charge is 0.481 e. The number of hydrogen-bond donors (Lipinski definition) is 2. The van der Waals surface area contributed by atoms with Gasteiger partial charge in [0.2, 0.25) is 0 Å². The van der Waals surface area contributed by atoms with Crippen molar-refractivity contribution in [2.45, 2.75) is 194 Å². The van der Waals surface area contributed by atoms with Crippen molar-refractivity contribution in [1.29, 1.82) is 0 Å². The predicted octanol–water partition coefficient (Wildman–Crippen LogP) is 11.1. The minimum absolute atomic E-state index is 0.332. The first-order chi connectivity index (χ1) is 17.5. The van der Waals surface area contributed by atoms with Gasteiger partial charge >= 0.3 is 5.97 Å². The van der Waals surface area contributed by atoms with E-state index in [1.807, 2.05) is 0 Å². The van der Waals surface area contributed by atoms with Crippen molar-refractivity contribution in [2.24, 2.45) is 5.73 Å². The quantitative estimate of drug-likeness (QED) is 0.0854. The molecule has 0 aliphatic rings. The van der Waals surface area contributed by atoms with Crippen molar-refractivity contribution in [1.82, 2.24) is 0 Å². The molecule has 0 aromatic rings. The van der Waals surface area contributed by atoms with Crippen LogP contribution in [0.1, 0.15) is 188 Å². The van der Waals surface area contributed by atoms with Crippen LogP contribution in [0, 0.1) is 0 Å². The first kappa shape index (κ1) is 37.3. The molecule has 0 aliphatic heterocycles. The van der Waals surface area contributed by atoms with Gasteiger partial charge in [0, 0.05) is 12.5 Å². The fraction of sp³-hybridized carbons (Fsp3) is 0.909. The van der Waals surface area contributed by atoms with Crippen molar-refractivity contribution < 1.29 is 9.90 Å². The van der Waals surface area contributed by atoms with Crippen LogP contribution in [0.2, 0.25) is 0 Å². The normalized spacial score (nSPS) is 12.0. The van der Waals surface area contributed by atoms with Crippen molar-refractivity contribution in [3.8, 4) is 0 Å². The SMILES string of the molecule is CCCCCCCC/C=C\CCCCCCCC(=O)O.CCCCCCCCCCCCCC(C)N. The maximum absolute atomic E-state index is 10.3. The third-order valence-corrected chi connectivity index (χ3v) is 6.92. The minimum atomic E-state index is -0.664. The molecule has 0 aromatic heterocycles. The molecular formula is C33H67NO2. The fourth-order valence-electron chi connectivity index (χ4n) is 4.48. The number of carboxylic acid groups (broad SMARTS) is 1. The molecule has 0 aromatic carbocycles. The average molecular weight is 510 g/mol. The van der Waals surface area contributed by atoms with Gasteiger partial charge in [0.1, 0.15) is 0 Å². The van der Waals surface area contributed by atoms with E-state index in [2.05, 4.69) is 32.9 Å². The molecular weight excluding hydrogens is 442 g/mol. The van der Waals surface area contributed by atoms with Gasteiger partial charge in [-0.05, 0) is 45.4 Å². The molecule has 0 fully saturated rings. The van der Waals surface area contributed by atoms with E-state index < -0.39 is 5.97 Å². The van der Waals surface area contributed by atoms with Gasteiger partial charge in [0.25, 0.3) is 0 Å². The predicted molar refractivity (Wildman–Crippen MR) is 162 cm³/mol. The lowest BCUT2D eigenvalue weighted by molar-refractivity contribution is -0.137. The number of carbonyl (C=O) groups is 1. The minimum Gasteiger partial charge on any atom is -0.481 e. The van der Waals surface area contributed by atoms with Gasteiger partial charge in [-0.1, -0.05) is 148 Å². The monoisotopic (exact) mass is 510 g/mol. The number of nitrogens with two attached hydrogens (primary N) is 1. The van der Waals surface area contributed by atoms with Gasteiger partial charge in [0.15, 0.2) is 0 Å². The van der Waals surface area contributed by atoms with E-state index in [9.17, 15) is 4.79 Å². The topological polar surface area (TPSA) is 63.3 Å². The number of rotatable bonds is 27. The summed E-state index contributed by atoms with van der Waals surface area (Å²) in [6.45, 7) is 6.65. The van der Waals surface area contributed by atoms with E-state index in [-0.39, 0.29) is 0 Å². The standard InChI is InChI=1S/C18H34O2.C15H33N/c1-2-3-4-5-6-7-8-9-10-11-12-13-14-15-16-17-18(19)20;1-3-4-5-6-7-8-9-10-11-12-13-14-15(2)16/h9-10H,2-8,11-17H2,1H3,(H,19,20);15H,3-14,16H2,1-2H3/b10-9-;. The second-order valence-electron chi connectivity index (χ2n) is 11.0. The molecule has 0 saturated carbocycles. The molecule has 1 atom stereocenters. The van der Waals surface area contributed by atoms with Crippen LogP contribution in [-0.2, 0) is 4.79 Å². The number of allylic oxidation sites excluding steroid dienone is 2. The summed E-state index contributed by atoms with van der Waals surface area (Å²) in [5, 5.41) is 8.51. The van der Waals surface area contributed by atoms with E-state index in [1.54, 1.807) is 0 Å². The Hall–Kier alpha value is -0.830. The van der Waals surface area contributed by atoms with Crippen LogP contribution in [0.5, 0.6) is 0 Å². The Morgan fingerprint density at radius 3 is 1.28 bits per heavy atom. The highest BCUT2D eigenvalue weighted by Crippen LogP contribution is 2.12. The van der Waals surface area contributed by atoms with Crippen molar-refractivity contribution >= 4 is 5.97 Å². The van der Waals surface area contributed by atoms with Crippen LogP contribution < -0.4 is 5.73 Å². The summed E-state index contributed by atoms with van der Waals surface area (Å²) in [4.78, 5) is 10.3. The Kier molecular flexibility index (Phi) is 35.4. The zero-order chi connectivity index (χ0) is 27.0. The molecule has 216 valence electrons. The summed E-state index contributed by atoms with van der Waals surface area (Å²) in [5.41, 5.74) is 5.71. The zero-order valence-electron chi connectivity index (χ0n) is 25.0. The molecule has 1 unspecified atom stereocenters. The van der Waals surface area contributed by atoms with E-state index in [0.29, 0.717) is 12.5 Å². The smallest absolute Gasteiger partial charge is 0.303 e. The van der Waals surface area contributed by atoms with Gasteiger partial charge in [-0.2, -0.15) is 0 Å². The van der Waals surface area contributed by atoms with Crippen molar-refractivity contribution in [3.63, 3.8) is 0 Å². The molecule has 0 spiro atoms. The molecule has 0 heterocycles. The highest BCUT2D eigenvalue weighted by atomic mass is 16.4. The van der Waals surface area contributed by atoms with Crippen LogP contribution >= 0.6 is 0 Å². The third-order valence-electron chi connectivity index (χ3n) is 6.92. The van der Waals surface area contributed by atoms with Crippen LogP contribution in [0.15, 0.2) is 12.2 Å². The Morgan fingerprint density at radius 2 is 0.917 bits per heavy atom. The molecule has 0 saturated heterocycles. The molecule has 0 rings (SSSR count). The zero-order valence-corrected chi connectivity index (χ0v) is 25.0. The summed E-state index contributed by atoms with van der Waals surface area (Å²) in [6, 6.07) is 0.401. The molecule has 3 N–H and O–H groups in total. The summed E-state index contributed by atoms with van der Waals surface area (Å²) in [5.74, 6) is -0.664. The molecule has 3 heteroatoms. The molecule has 0 aliphatic carbocycles. The molecule has 3 nitrogen and oxygen atoms in total. The van der Waals surface area contributed by atoms with E-state index in [0.717, 1.165) is 12.8 Å². The van der Waals surface area contributed by atoms with Crippen LogP contribution in [-0.4, -0.2) is 17.1 Å². The second kappa shape index (κ2) is 34.2. The van der Waals surface area contributed by atoms with Gasteiger partial charge < -0.3 is 10.8 Å². The van der Waals surface area contributed by atoms with Crippen molar-refractivity contribution in [3.05, 3.63) is 12.2 Å². The lowest BCUT2D eigenvalue weighted by Gasteiger charge is -2.04.